The second kappa shape index (κ2) is 12.2. The number of hydrogen-bond acceptors (Lipinski definition) is 8. The number of aromatic nitrogens is 3. The number of rotatable bonds is 9. The molecular formula is C25H26ClF3N4O4S. The van der Waals surface area contributed by atoms with Crippen molar-refractivity contribution >= 4 is 35.0 Å². The fourth-order valence-electron chi connectivity index (χ4n) is 4.04. The number of methoxy groups -OCH3 is 1. The molecule has 1 aliphatic heterocycles. The summed E-state index contributed by atoms with van der Waals surface area (Å²) in [5, 5.41) is 9.03. The van der Waals surface area contributed by atoms with Crippen molar-refractivity contribution in [3.63, 3.8) is 0 Å². The molecule has 1 fully saturated rings. The first-order valence-corrected chi connectivity index (χ1v) is 13.1. The molecule has 2 heterocycles. The minimum atomic E-state index is -4.81. The molecule has 0 N–H and O–H groups in total. The number of ether oxygens (including phenoxy) is 3. The number of alkyl halides is 3. The summed E-state index contributed by atoms with van der Waals surface area (Å²) in [6.45, 7) is 3.69. The fourth-order valence-corrected chi connectivity index (χ4v) is 5.47. The topological polar surface area (TPSA) is 78.7 Å². The summed E-state index contributed by atoms with van der Waals surface area (Å²) in [5.41, 5.74) is 1.86. The molecule has 3 aromatic rings. The molecule has 4 rings (SSSR count). The smallest absolute Gasteiger partial charge is 0.497 e. The van der Waals surface area contributed by atoms with Crippen molar-refractivity contribution in [2.24, 2.45) is 0 Å². The number of piperidine rings is 1. The summed E-state index contributed by atoms with van der Waals surface area (Å²) >= 11 is 7.56. The van der Waals surface area contributed by atoms with Crippen LogP contribution in [0, 0.1) is 0 Å². The second-order valence-corrected chi connectivity index (χ2v) is 10.1. The van der Waals surface area contributed by atoms with E-state index in [1.165, 1.54) is 23.9 Å². The molecule has 0 saturated carbocycles. The summed E-state index contributed by atoms with van der Waals surface area (Å²) in [6, 6.07) is 11.8. The van der Waals surface area contributed by atoms with Crippen LogP contribution >= 0.6 is 23.4 Å². The molecule has 0 bridgehead atoms. The number of benzene rings is 2. The number of carbonyl (C=O) groups is 1. The van der Waals surface area contributed by atoms with E-state index >= 15 is 0 Å². The monoisotopic (exact) mass is 570 g/mol. The molecule has 0 radical (unpaired) electrons. The molecule has 0 atom stereocenters. The number of halogens is 4. The Balaban J connectivity index is 1.45. The van der Waals surface area contributed by atoms with Gasteiger partial charge in [-0.05, 0) is 55.7 Å². The van der Waals surface area contributed by atoms with E-state index in [0.29, 0.717) is 30.3 Å². The van der Waals surface area contributed by atoms with Gasteiger partial charge in [-0.25, -0.2) is 9.48 Å². The van der Waals surface area contributed by atoms with Crippen molar-refractivity contribution in [2.75, 3.05) is 31.7 Å². The quantitative estimate of drug-likeness (QED) is 0.298. The molecule has 8 nitrogen and oxygen atoms in total. The molecule has 204 valence electrons. The minimum Gasteiger partial charge on any atom is -0.497 e. The van der Waals surface area contributed by atoms with Gasteiger partial charge in [-0.1, -0.05) is 28.9 Å². The molecule has 1 saturated heterocycles. The number of carbonyl (C=O) groups excluding carboxylic acids is 1. The van der Waals surface area contributed by atoms with Gasteiger partial charge in [-0.2, -0.15) is 0 Å². The highest BCUT2D eigenvalue weighted by Crippen LogP contribution is 2.37. The van der Waals surface area contributed by atoms with Gasteiger partial charge in [0.1, 0.15) is 16.5 Å². The average Bonchev–Trinajstić information content (AvgIpc) is 3.27. The van der Waals surface area contributed by atoms with E-state index < -0.39 is 18.1 Å². The van der Waals surface area contributed by atoms with Crippen LogP contribution in [-0.2, 0) is 11.3 Å². The van der Waals surface area contributed by atoms with Crippen LogP contribution < -0.4 is 14.4 Å². The molecule has 0 spiro atoms. The lowest BCUT2D eigenvalue weighted by Gasteiger charge is -2.33. The Kier molecular flexibility index (Phi) is 8.93. The molecule has 13 heteroatoms. The zero-order chi connectivity index (χ0) is 27.3. The lowest BCUT2D eigenvalue weighted by molar-refractivity contribution is -0.274. The van der Waals surface area contributed by atoms with Crippen molar-refractivity contribution in [1.29, 1.82) is 0 Å². The summed E-state index contributed by atoms with van der Waals surface area (Å²) in [5.74, 6) is -0.216. The first-order valence-electron chi connectivity index (χ1n) is 11.9. The number of thioether (sulfide) groups is 1. The third-order valence-corrected chi connectivity index (χ3v) is 7.60. The highest BCUT2D eigenvalue weighted by atomic mass is 35.5. The van der Waals surface area contributed by atoms with Gasteiger partial charge >= 0.3 is 12.3 Å². The SMILES string of the molecule is CCOC(=O)c1nnn(Cc2ccc(OC)cc2)c1SC1CCN(c2ccc(OC(F)(F)F)c(Cl)c2)CC1. The second-order valence-electron chi connectivity index (χ2n) is 8.44. The van der Waals surface area contributed by atoms with Crippen molar-refractivity contribution in [3.8, 4) is 11.5 Å². The van der Waals surface area contributed by atoms with Crippen LogP contribution in [0.3, 0.4) is 0 Å². The maximum atomic E-state index is 12.6. The van der Waals surface area contributed by atoms with Crippen molar-refractivity contribution in [3.05, 3.63) is 58.7 Å². The number of anilines is 1. The minimum absolute atomic E-state index is 0.107. The van der Waals surface area contributed by atoms with E-state index in [9.17, 15) is 18.0 Å². The lowest BCUT2D eigenvalue weighted by Crippen LogP contribution is -2.35. The first kappa shape index (κ1) is 27.9. The Bertz CT molecular complexity index is 1250. The van der Waals surface area contributed by atoms with E-state index in [2.05, 4.69) is 19.9 Å². The molecule has 1 aliphatic rings. The third kappa shape index (κ3) is 7.04. The Labute approximate surface area is 227 Å². The number of esters is 1. The molecule has 0 unspecified atom stereocenters. The van der Waals surface area contributed by atoms with Gasteiger partial charge in [0.25, 0.3) is 0 Å². The Morgan fingerprint density at radius 2 is 1.87 bits per heavy atom. The Morgan fingerprint density at radius 3 is 2.47 bits per heavy atom. The van der Waals surface area contributed by atoms with Crippen molar-refractivity contribution in [2.45, 2.75) is 42.9 Å². The standard InChI is InChI=1S/C25H26ClF3N4O4S/c1-3-36-24(34)22-23(33(31-30-22)15-16-4-7-18(35-2)8-5-16)38-19-10-12-32(13-11-19)17-6-9-21(20(26)14-17)37-25(27,28)29/h4-9,14,19H,3,10-13,15H2,1-2H3. The Morgan fingerprint density at radius 1 is 1.16 bits per heavy atom. The van der Waals surface area contributed by atoms with Crippen LogP contribution in [0.4, 0.5) is 18.9 Å². The predicted octanol–water partition coefficient (Wildman–Crippen LogP) is 5.82. The van der Waals surface area contributed by atoms with E-state index in [-0.39, 0.29) is 22.6 Å². The Hall–Kier alpha value is -3.12. The summed E-state index contributed by atoms with van der Waals surface area (Å²) in [7, 11) is 1.60. The first-order chi connectivity index (χ1) is 18.2. The van der Waals surface area contributed by atoms with Crippen LogP contribution in [0.1, 0.15) is 35.8 Å². The van der Waals surface area contributed by atoms with Crippen molar-refractivity contribution in [1.82, 2.24) is 15.0 Å². The summed E-state index contributed by atoms with van der Waals surface area (Å²) in [4.78, 5) is 14.6. The highest BCUT2D eigenvalue weighted by molar-refractivity contribution is 8.00. The van der Waals surface area contributed by atoms with Crippen LogP contribution in [-0.4, -0.2) is 59.4 Å². The summed E-state index contributed by atoms with van der Waals surface area (Å²) in [6.07, 6.45) is -3.28. The maximum absolute atomic E-state index is 12.6. The highest BCUT2D eigenvalue weighted by Gasteiger charge is 2.32. The van der Waals surface area contributed by atoms with E-state index in [1.807, 2.05) is 24.3 Å². The predicted molar refractivity (Wildman–Crippen MR) is 137 cm³/mol. The van der Waals surface area contributed by atoms with Crippen LogP contribution in [0.5, 0.6) is 11.5 Å². The largest absolute Gasteiger partial charge is 0.573 e. The van der Waals surface area contributed by atoms with E-state index in [0.717, 1.165) is 24.2 Å². The van der Waals surface area contributed by atoms with Gasteiger partial charge in [-0.15, -0.1) is 30.0 Å². The van der Waals surface area contributed by atoms with Gasteiger partial charge in [-0.3, -0.25) is 0 Å². The molecule has 0 amide bonds. The van der Waals surface area contributed by atoms with E-state index in [1.54, 1.807) is 24.8 Å². The van der Waals surface area contributed by atoms with Gasteiger partial charge in [0, 0.05) is 24.0 Å². The fraction of sp³-hybridized carbons (Fsp3) is 0.400. The number of hydrogen-bond donors (Lipinski definition) is 0. The molecular weight excluding hydrogens is 545 g/mol. The summed E-state index contributed by atoms with van der Waals surface area (Å²) < 4.78 is 53.7. The average molecular weight is 571 g/mol. The normalized spacial score (nSPS) is 14.4. The zero-order valence-electron chi connectivity index (χ0n) is 20.7. The zero-order valence-corrected chi connectivity index (χ0v) is 22.3. The van der Waals surface area contributed by atoms with E-state index in [4.69, 9.17) is 21.1 Å². The molecule has 2 aromatic carbocycles. The van der Waals surface area contributed by atoms with Gasteiger partial charge in [0.05, 0.1) is 25.3 Å². The molecule has 1 aromatic heterocycles. The van der Waals surface area contributed by atoms with Crippen molar-refractivity contribution < 1.29 is 32.2 Å². The maximum Gasteiger partial charge on any atom is 0.573 e. The molecule has 0 aliphatic carbocycles. The van der Waals surface area contributed by atoms with Crippen LogP contribution in [0.2, 0.25) is 5.02 Å². The van der Waals surface area contributed by atoms with Gasteiger partial charge in [0.15, 0.2) is 0 Å². The third-order valence-electron chi connectivity index (χ3n) is 5.88. The van der Waals surface area contributed by atoms with Gasteiger partial charge < -0.3 is 19.1 Å². The van der Waals surface area contributed by atoms with Crippen LogP contribution in [0.25, 0.3) is 0 Å². The molecule has 38 heavy (non-hydrogen) atoms. The van der Waals surface area contributed by atoms with Crippen LogP contribution in [0.15, 0.2) is 47.5 Å². The van der Waals surface area contributed by atoms with Gasteiger partial charge in [0.2, 0.25) is 5.69 Å². The lowest BCUT2D eigenvalue weighted by atomic mass is 10.1. The number of nitrogens with zero attached hydrogens (tertiary/aromatic N) is 4.